The maximum absolute atomic E-state index is 12.6. The highest BCUT2D eigenvalue weighted by molar-refractivity contribution is 6.35. The number of amides is 2. The Hall–Kier alpha value is -2.89. The molecule has 0 saturated carbocycles. The molecule has 0 atom stereocenters. The minimum atomic E-state index is -4.97. The molecule has 0 unspecified atom stereocenters. The number of nitrogens with zero attached hydrogens (tertiary/aromatic N) is 4. The molecule has 0 radical (unpaired) electrons. The molecule has 0 aliphatic rings. The largest absolute Gasteiger partial charge is 0.573 e. The Morgan fingerprint density at radius 1 is 1.33 bits per heavy atom. The van der Waals surface area contributed by atoms with Crippen LogP contribution in [0.5, 0.6) is 5.75 Å². The van der Waals surface area contributed by atoms with Crippen LogP contribution in [0.2, 0.25) is 5.02 Å². The molecule has 13 heteroatoms. The average molecular weight is 407 g/mol. The molecule has 0 spiro atoms. The number of ether oxygens (including phenoxy) is 1. The van der Waals surface area contributed by atoms with Crippen molar-refractivity contribution in [3.63, 3.8) is 0 Å². The van der Waals surface area contributed by atoms with Gasteiger partial charge < -0.3 is 10.1 Å². The van der Waals surface area contributed by atoms with E-state index >= 15 is 0 Å². The molecule has 2 N–H and O–H groups in total. The van der Waals surface area contributed by atoms with Crippen molar-refractivity contribution in [2.45, 2.75) is 26.3 Å². The van der Waals surface area contributed by atoms with E-state index in [0.29, 0.717) is 0 Å². The third kappa shape index (κ3) is 5.29. The number of hydrogen-bond acceptors (Lipinski definition) is 6. The van der Waals surface area contributed by atoms with Gasteiger partial charge in [0.1, 0.15) is 5.75 Å². The van der Waals surface area contributed by atoms with E-state index in [1.165, 1.54) is 11.7 Å². The summed E-state index contributed by atoms with van der Waals surface area (Å²) < 4.78 is 43.0. The number of carbonyl (C=O) groups is 2. The quantitative estimate of drug-likeness (QED) is 0.759. The van der Waals surface area contributed by atoms with E-state index in [1.807, 2.05) is 0 Å². The topological polar surface area (TPSA) is 111 Å². The van der Waals surface area contributed by atoms with Crippen LogP contribution in [0, 0.1) is 0 Å². The van der Waals surface area contributed by atoms with Gasteiger partial charge in [-0.05, 0) is 22.6 Å². The minimum absolute atomic E-state index is 0.00696. The van der Waals surface area contributed by atoms with Crippen LogP contribution < -0.4 is 15.4 Å². The highest BCUT2D eigenvalue weighted by atomic mass is 35.5. The van der Waals surface area contributed by atoms with Crippen LogP contribution in [-0.2, 0) is 18.4 Å². The number of halogens is 4. The Kier molecular flexibility index (Phi) is 6.20. The number of tetrazole rings is 1. The maximum Gasteiger partial charge on any atom is 0.573 e. The predicted molar refractivity (Wildman–Crippen MR) is 87.0 cm³/mol. The first kappa shape index (κ1) is 20.4. The molecule has 9 nitrogen and oxygen atoms in total. The Balaban J connectivity index is 2.36. The van der Waals surface area contributed by atoms with E-state index in [9.17, 15) is 22.8 Å². The SMILES string of the molecule is CCC(=O)NCc1c(OC(F)(F)F)ccc(C(=O)Nc2nnnn2C)c1Cl. The van der Waals surface area contributed by atoms with Crippen LogP contribution in [0.3, 0.4) is 0 Å². The van der Waals surface area contributed by atoms with Crippen LogP contribution in [-0.4, -0.2) is 38.4 Å². The van der Waals surface area contributed by atoms with Gasteiger partial charge >= 0.3 is 6.36 Å². The van der Waals surface area contributed by atoms with E-state index < -0.39 is 23.9 Å². The molecule has 0 bridgehead atoms. The van der Waals surface area contributed by atoms with E-state index in [2.05, 4.69) is 30.9 Å². The fourth-order valence-corrected chi connectivity index (χ4v) is 2.29. The summed E-state index contributed by atoms with van der Waals surface area (Å²) in [5.74, 6) is -1.78. The molecule has 1 heterocycles. The van der Waals surface area contributed by atoms with Crippen molar-refractivity contribution in [1.82, 2.24) is 25.5 Å². The van der Waals surface area contributed by atoms with Crippen molar-refractivity contribution in [2.75, 3.05) is 5.32 Å². The fourth-order valence-electron chi connectivity index (χ4n) is 1.98. The molecule has 1 aromatic carbocycles. The number of alkyl halides is 3. The van der Waals surface area contributed by atoms with Gasteiger partial charge in [-0.25, -0.2) is 4.68 Å². The zero-order valence-electron chi connectivity index (χ0n) is 14.1. The summed E-state index contributed by atoms with van der Waals surface area (Å²) in [4.78, 5) is 23.8. The minimum Gasteiger partial charge on any atom is -0.405 e. The first-order valence-corrected chi connectivity index (χ1v) is 7.87. The number of aryl methyl sites for hydroxylation is 1. The predicted octanol–water partition coefficient (Wildman–Crippen LogP) is 2.04. The molecule has 0 saturated heterocycles. The Bertz CT molecular complexity index is 855. The third-order valence-electron chi connectivity index (χ3n) is 3.30. The summed E-state index contributed by atoms with van der Waals surface area (Å²) in [5.41, 5.74) is -0.338. The van der Waals surface area contributed by atoms with E-state index in [4.69, 9.17) is 11.6 Å². The van der Waals surface area contributed by atoms with Crippen molar-refractivity contribution in [1.29, 1.82) is 0 Å². The second-order valence-electron chi connectivity index (χ2n) is 5.16. The summed E-state index contributed by atoms with van der Waals surface area (Å²) in [7, 11) is 1.48. The van der Waals surface area contributed by atoms with E-state index in [-0.39, 0.29) is 35.1 Å². The third-order valence-corrected chi connectivity index (χ3v) is 3.73. The number of nitrogens with one attached hydrogen (secondary N) is 2. The lowest BCUT2D eigenvalue weighted by atomic mass is 10.1. The molecule has 146 valence electrons. The van der Waals surface area contributed by atoms with Gasteiger partial charge in [0.05, 0.1) is 10.6 Å². The fraction of sp³-hybridized carbons (Fsp3) is 0.357. The summed E-state index contributed by atoms with van der Waals surface area (Å²) >= 11 is 6.13. The monoisotopic (exact) mass is 406 g/mol. The summed E-state index contributed by atoms with van der Waals surface area (Å²) in [6, 6.07) is 2.00. The zero-order chi connectivity index (χ0) is 20.2. The lowest BCUT2D eigenvalue weighted by molar-refractivity contribution is -0.274. The lowest BCUT2D eigenvalue weighted by Gasteiger charge is -2.17. The molecule has 2 aromatic rings. The lowest BCUT2D eigenvalue weighted by Crippen LogP contribution is -2.25. The molecule has 1 aromatic heterocycles. The summed E-state index contributed by atoms with van der Waals surface area (Å²) in [5, 5.41) is 14.9. The molecule has 0 aliphatic carbocycles. The second kappa shape index (κ2) is 8.20. The number of benzene rings is 1. The van der Waals surface area contributed by atoms with Crippen molar-refractivity contribution in [3.8, 4) is 5.75 Å². The normalized spacial score (nSPS) is 11.2. The van der Waals surface area contributed by atoms with Crippen molar-refractivity contribution in [3.05, 3.63) is 28.3 Å². The second-order valence-corrected chi connectivity index (χ2v) is 5.54. The Morgan fingerprint density at radius 2 is 2.04 bits per heavy atom. The molecule has 0 aliphatic heterocycles. The van der Waals surface area contributed by atoms with E-state index in [1.54, 1.807) is 6.92 Å². The highest BCUT2D eigenvalue weighted by Gasteiger charge is 2.33. The van der Waals surface area contributed by atoms with Crippen molar-refractivity contribution >= 4 is 29.4 Å². The van der Waals surface area contributed by atoms with Gasteiger partial charge in [0.15, 0.2) is 0 Å². The standard InChI is InChI=1S/C14H14ClF3N6O3/c1-3-10(25)19-6-8-9(27-14(16,17)18)5-4-7(11(8)15)12(26)20-13-21-22-23-24(13)2/h4-5H,3,6H2,1-2H3,(H,19,25)(H,20,21,23,26). The van der Waals surface area contributed by atoms with Crippen molar-refractivity contribution < 1.29 is 27.5 Å². The van der Waals surface area contributed by atoms with Gasteiger partial charge in [-0.2, -0.15) is 0 Å². The van der Waals surface area contributed by atoms with Crippen LogP contribution in [0.15, 0.2) is 12.1 Å². The first-order chi connectivity index (χ1) is 12.6. The van der Waals surface area contributed by atoms with Crippen LogP contribution >= 0.6 is 11.6 Å². The highest BCUT2D eigenvalue weighted by Crippen LogP contribution is 2.34. The zero-order valence-corrected chi connectivity index (χ0v) is 14.9. The van der Waals surface area contributed by atoms with Crippen LogP contribution in [0.4, 0.5) is 19.1 Å². The number of carbonyl (C=O) groups excluding carboxylic acids is 2. The van der Waals surface area contributed by atoms with Gasteiger partial charge in [-0.3, -0.25) is 14.9 Å². The van der Waals surface area contributed by atoms with Gasteiger partial charge in [-0.1, -0.05) is 23.6 Å². The average Bonchev–Trinajstić information content (AvgIpc) is 2.97. The number of aromatic nitrogens is 4. The Labute approximate surface area is 155 Å². The van der Waals surface area contributed by atoms with Gasteiger partial charge in [-0.15, -0.1) is 13.2 Å². The van der Waals surface area contributed by atoms with Crippen molar-refractivity contribution in [2.24, 2.45) is 7.05 Å². The Morgan fingerprint density at radius 3 is 2.59 bits per heavy atom. The number of hydrogen-bond donors (Lipinski definition) is 2. The van der Waals surface area contributed by atoms with Gasteiger partial charge in [0, 0.05) is 25.6 Å². The molecular formula is C14H14ClF3N6O3. The number of anilines is 1. The maximum atomic E-state index is 12.6. The molecule has 27 heavy (non-hydrogen) atoms. The summed E-state index contributed by atoms with van der Waals surface area (Å²) in [6.45, 7) is 1.21. The van der Waals surface area contributed by atoms with Gasteiger partial charge in [0.25, 0.3) is 5.91 Å². The van der Waals surface area contributed by atoms with Gasteiger partial charge in [0.2, 0.25) is 11.9 Å². The van der Waals surface area contributed by atoms with Crippen LogP contribution in [0.25, 0.3) is 0 Å². The smallest absolute Gasteiger partial charge is 0.405 e. The molecule has 0 fully saturated rings. The number of rotatable bonds is 6. The van der Waals surface area contributed by atoms with E-state index in [0.717, 1.165) is 12.1 Å². The first-order valence-electron chi connectivity index (χ1n) is 7.50. The molecular weight excluding hydrogens is 393 g/mol. The van der Waals surface area contributed by atoms with Crippen LogP contribution in [0.1, 0.15) is 29.3 Å². The molecule has 2 rings (SSSR count). The summed E-state index contributed by atoms with van der Waals surface area (Å²) in [6.07, 6.45) is -4.85. The molecule has 2 amide bonds.